The molecule has 0 saturated heterocycles. The average molecular weight is 234 g/mol. The summed E-state index contributed by atoms with van der Waals surface area (Å²) < 4.78 is 0. The summed E-state index contributed by atoms with van der Waals surface area (Å²) in [5.74, 6) is 1.01. The van der Waals surface area contributed by atoms with E-state index in [1.54, 1.807) is 0 Å². The summed E-state index contributed by atoms with van der Waals surface area (Å²) in [5.41, 5.74) is 1.55. The van der Waals surface area contributed by atoms with Crippen LogP contribution in [0.5, 0.6) is 0 Å². The first kappa shape index (κ1) is 12.4. The molecule has 94 valence electrons. The molecule has 1 N–H and O–H groups in total. The molecule has 2 heteroatoms. The molecule has 0 aromatic heterocycles. The molecule has 1 unspecified atom stereocenters. The molecule has 1 saturated carbocycles. The van der Waals surface area contributed by atoms with Gasteiger partial charge in [-0.2, -0.15) is 0 Å². The van der Waals surface area contributed by atoms with Crippen LogP contribution in [0.3, 0.4) is 0 Å². The second kappa shape index (κ2) is 4.01. The minimum absolute atomic E-state index is 0.260. The second-order valence-corrected chi connectivity index (χ2v) is 6.31. The average Bonchev–Trinajstić information content (AvgIpc) is 2.48. The van der Waals surface area contributed by atoms with E-state index in [2.05, 4.69) is 19.1 Å². The Morgan fingerprint density at radius 2 is 2.06 bits per heavy atom. The van der Waals surface area contributed by atoms with Gasteiger partial charge in [-0.05, 0) is 30.1 Å². The summed E-state index contributed by atoms with van der Waals surface area (Å²) in [6.45, 7) is 8.19. The first-order valence-electron chi connectivity index (χ1n) is 6.51. The van der Waals surface area contributed by atoms with Gasteiger partial charge >= 0.3 is 5.97 Å². The lowest BCUT2D eigenvalue weighted by Crippen LogP contribution is -2.34. The summed E-state index contributed by atoms with van der Waals surface area (Å²) >= 11 is 0. The Morgan fingerprint density at radius 1 is 1.41 bits per heavy atom. The summed E-state index contributed by atoms with van der Waals surface area (Å²) in [6, 6.07) is 0. The van der Waals surface area contributed by atoms with Crippen LogP contribution in [0.15, 0.2) is 23.3 Å². The second-order valence-electron chi connectivity index (χ2n) is 6.31. The molecule has 3 atom stereocenters. The van der Waals surface area contributed by atoms with Crippen LogP contribution in [0.2, 0.25) is 0 Å². The van der Waals surface area contributed by atoms with Crippen molar-refractivity contribution in [2.75, 3.05) is 0 Å². The number of carboxylic acids is 1. The third-order valence-corrected chi connectivity index (χ3v) is 4.19. The zero-order valence-electron chi connectivity index (χ0n) is 11.2. The number of carbonyl (C=O) groups is 1. The van der Waals surface area contributed by atoms with Crippen molar-refractivity contribution in [2.45, 2.75) is 40.5 Å². The van der Waals surface area contributed by atoms with Crippen molar-refractivity contribution in [3.05, 3.63) is 23.3 Å². The molecule has 1 fully saturated rings. The van der Waals surface area contributed by atoms with E-state index in [4.69, 9.17) is 0 Å². The molecule has 0 heterocycles. The van der Waals surface area contributed by atoms with Crippen LogP contribution in [0.1, 0.15) is 40.5 Å². The van der Waals surface area contributed by atoms with E-state index in [0.29, 0.717) is 23.3 Å². The van der Waals surface area contributed by atoms with Gasteiger partial charge in [-0.15, -0.1) is 0 Å². The number of hydrogen-bond acceptors (Lipinski definition) is 1. The zero-order valence-corrected chi connectivity index (χ0v) is 11.2. The van der Waals surface area contributed by atoms with Gasteiger partial charge in [0.05, 0.1) is 0 Å². The van der Waals surface area contributed by atoms with Crippen molar-refractivity contribution >= 4 is 5.97 Å². The summed E-state index contributed by atoms with van der Waals surface area (Å²) in [4.78, 5) is 11.4. The van der Waals surface area contributed by atoms with Crippen LogP contribution < -0.4 is 0 Å². The highest BCUT2D eigenvalue weighted by molar-refractivity contribution is 5.89. The fourth-order valence-electron chi connectivity index (χ4n) is 3.34. The van der Waals surface area contributed by atoms with E-state index in [-0.39, 0.29) is 5.41 Å². The highest BCUT2D eigenvalue weighted by Crippen LogP contribution is 2.53. The zero-order chi connectivity index (χ0) is 12.8. The third kappa shape index (κ3) is 1.94. The van der Waals surface area contributed by atoms with Crippen molar-refractivity contribution in [3.63, 3.8) is 0 Å². The number of rotatable bonds is 2. The summed E-state index contributed by atoms with van der Waals surface area (Å²) in [5, 5.41) is 9.41. The Labute approximate surface area is 103 Å². The Bertz CT molecular complexity index is 396. The molecule has 2 rings (SSSR count). The largest absolute Gasteiger partial charge is 0.478 e. The first-order valence-corrected chi connectivity index (χ1v) is 6.51. The standard InChI is InChI=1S/C15H22O2/c1-5-9-6-7-10-11(9)8-12(10)13(14(16)17)15(2,3)4/h6-7,9-11H,5,8H2,1-4H3,(H,16,17)/t9?,10-,11+/m1/s1. The molecule has 2 aliphatic rings. The predicted molar refractivity (Wildman–Crippen MR) is 68.6 cm³/mol. The third-order valence-electron chi connectivity index (χ3n) is 4.19. The molecule has 2 aliphatic carbocycles. The molecule has 0 radical (unpaired) electrons. The van der Waals surface area contributed by atoms with Crippen molar-refractivity contribution in [3.8, 4) is 0 Å². The van der Waals surface area contributed by atoms with Crippen LogP contribution >= 0.6 is 0 Å². The lowest BCUT2D eigenvalue weighted by atomic mass is 9.63. The smallest absolute Gasteiger partial charge is 0.332 e. The van der Waals surface area contributed by atoms with Crippen molar-refractivity contribution in [1.82, 2.24) is 0 Å². The molecule has 0 aromatic rings. The lowest BCUT2D eigenvalue weighted by Gasteiger charge is -2.41. The summed E-state index contributed by atoms with van der Waals surface area (Å²) in [7, 11) is 0. The van der Waals surface area contributed by atoms with Crippen molar-refractivity contribution in [2.24, 2.45) is 23.2 Å². The molecule has 2 nitrogen and oxygen atoms in total. The maximum Gasteiger partial charge on any atom is 0.332 e. The first-order chi connectivity index (χ1) is 7.86. The molecule has 0 bridgehead atoms. The number of allylic oxidation sites excluding steroid dienone is 3. The number of hydrogen-bond donors (Lipinski definition) is 1. The van der Waals surface area contributed by atoms with E-state index in [0.717, 1.165) is 6.42 Å². The maximum absolute atomic E-state index is 11.4. The van der Waals surface area contributed by atoms with E-state index < -0.39 is 5.97 Å². The lowest BCUT2D eigenvalue weighted by molar-refractivity contribution is -0.133. The van der Waals surface area contributed by atoms with Crippen LogP contribution in [0.25, 0.3) is 0 Å². The van der Waals surface area contributed by atoms with Gasteiger partial charge in [0.25, 0.3) is 0 Å². The van der Waals surface area contributed by atoms with Gasteiger partial charge in [0.15, 0.2) is 0 Å². The monoisotopic (exact) mass is 234 g/mol. The number of aliphatic carboxylic acids is 1. The fraction of sp³-hybridized carbons (Fsp3) is 0.667. The predicted octanol–water partition coefficient (Wildman–Crippen LogP) is 3.65. The Morgan fingerprint density at radius 3 is 2.53 bits per heavy atom. The number of carboxylic acid groups (broad SMARTS) is 1. The highest BCUT2D eigenvalue weighted by Gasteiger charge is 2.45. The molecule has 0 aliphatic heterocycles. The quantitative estimate of drug-likeness (QED) is 0.585. The minimum Gasteiger partial charge on any atom is -0.478 e. The Kier molecular flexibility index (Phi) is 2.92. The van der Waals surface area contributed by atoms with Crippen molar-refractivity contribution in [1.29, 1.82) is 0 Å². The minimum atomic E-state index is -0.737. The van der Waals surface area contributed by atoms with Gasteiger partial charge < -0.3 is 5.11 Å². The Hall–Kier alpha value is -1.05. The van der Waals surface area contributed by atoms with E-state index in [1.807, 2.05) is 20.8 Å². The molecule has 0 aromatic carbocycles. The van der Waals surface area contributed by atoms with Crippen LogP contribution in [-0.4, -0.2) is 11.1 Å². The van der Waals surface area contributed by atoms with Crippen LogP contribution in [0.4, 0.5) is 0 Å². The van der Waals surface area contributed by atoms with Gasteiger partial charge in [-0.3, -0.25) is 0 Å². The summed E-state index contributed by atoms with van der Waals surface area (Å²) in [6.07, 6.45) is 6.66. The molecular formula is C15H22O2. The topological polar surface area (TPSA) is 37.3 Å². The van der Waals surface area contributed by atoms with Gasteiger partial charge in [0.2, 0.25) is 0 Å². The molecule has 17 heavy (non-hydrogen) atoms. The molecular weight excluding hydrogens is 212 g/mol. The normalized spacial score (nSPS) is 34.2. The van der Waals surface area contributed by atoms with Crippen molar-refractivity contribution < 1.29 is 9.90 Å². The van der Waals surface area contributed by atoms with E-state index in [9.17, 15) is 9.90 Å². The van der Waals surface area contributed by atoms with Gasteiger partial charge in [0.1, 0.15) is 0 Å². The van der Waals surface area contributed by atoms with E-state index in [1.165, 1.54) is 12.0 Å². The maximum atomic E-state index is 11.4. The molecule has 0 amide bonds. The Balaban J connectivity index is 2.30. The SMILES string of the molecule is CCC1C=C[C@H]2C(=C(C(=O)O)C(C)(C)C)C[C@@H]12. The van der Waals surface area contributed by atoms with Gasteiger partial charge in [0, 0.05) is 11.5 Å². The van der Waals surface area contributed by atoms with Crippen LogP contribution in [0, 0.1) is 23.2 Å². The van der Waals surface area contributed by atoms with Gasteiger partial charge in [-0.25, -0.2) is 4.79 Å². The molecule has 0 spiro atoms. The van der Waals surface area contributed by atoms with Crippen LogP contribution in [-0.2, 0) is 4.79 Å². The fourth-order valence-corrected chi connectivity index (χ4v) is 3.34. The van der Waals surface area contributed by atoms with Gasteiger partial charge in [-0.1, -0.05) is 45.4 Å². The highest BCUT2D eigenvalue weighted by atomic mass is 16.4. The number of fused-ring (bicyclic) bond motifs is 1. The van der Waals surface area contributed by atoms with E-state index >= 15 is 0 Å².